The van der Waals surface area contributed by atoms with E-state index in [2.05, 4.69) is 5.32 Å². The Labute approximate surface area is 207 Å². The topological polar surface area (TPSA) is 67.9 Å². The van der Waals surface area contributed by atoms with Gasteiger partial charge in [0.25, 0.3) is 0 Å². The standard InChI is InChI=1S/C29H34N2O4/c1-3-30-29(33)27(21-23-12-6-4-7-13-23)31(22-24-14-10-17-26(20-24)34-2)28(32)18-11-19-35-25-15-8-5-9-16-25/h4-10,12-17,20,27H,3,11,18-19,21-22H2,1-2H3,(H,30,33)/t27-/m0/s1. The number of carbonyl (C=O) groups is 2. The van der Waals surface area contributed by atoms with E-state index in [0.717, 1.165) is 16.9 Å². The molecule has 0 aliphatic heterocycles. The van der Waals surface area contributed by atoms with Gasteiger partial charge < -0.3 is 19.7 Å². The van der Waals surface area contributed by atoms with E-state index in [1.54, 1.807) is 12.0 Å². The molecule has 1 atom stereocenters. The van der Waals surface area contributed by atoms with E-state index in [1.807, 2.05) is 91.9 Å². The molecule has 3 rings (SSSR count). The quantitative estimate of drug-likeness (QED) is 0.367. The van der Waals surface area contributed by atoms with Crippen molar-refractivity contribution in [2.24, 2.45) is 0 Å². The van der Waals surface area contributed by atoms with Crippen molar-refractivity contribution in [2.75, 3.05) is 20.3 Å². The summed E-state index contributed by atoms with van der Waals surface area (Å²) in [6.07, 6.45) is 1.26. The minimum absolute atomic E-state index is 0.0864. The van der Waals surface area contributed by atoms with Gasteiger partial charge in [-0.3, -0.25) is 9.59 Å². The van der Waals surface area contributed by atoms with Crippen LogP contribution in [0.1, 0.15) is 30.9 Å². The van der Waals surface area contributed by atoms with Crippen LogP contribution < -0.4 is 14.8 Å². The molecular formula is C29H34N2O4. The Morgan fingerprint density at radius 1 is 0.886 bits per heavy atom. The molecule has 6 heteroatoms. The van der Waals surface area contributed by atoms with Crippen molar-refractivity contribution in [1.82, 2.24) is 10.2 Å². The van der Waals surface area contributed by atoms with Crippen LogP contribution in [0.15, 0.2) is 84.9 Å². The first-order valence-electron chi connectivity index (χ1n) is 12.0. The molecule has 0 aliphatic rings. The van der Waals surface area contributed by atoms with E-state index < -0.39 is 6.04 Å². The van der Waals surface area contributed by atoms with E-state index in [-0.39, 0.29) is 18.2 Å². The highest BCUT2D eigenvalue weighted by molar-refractivity contribution is 5.88. The lowest BCUT2D eigenvalue weighted by Crippen LogP contribution is -2.50. The molecule has 3 aromatic rings. The lowest BCUT2D eigenvalue weighted by molar-refractivity contribution is -0.141. The number of hydrogen-bond acceptors (Lipinski definition) is 4. The summed E-state index contributed by atoms with van der Waals surface area (Å²) in [6.45, 7) is 3.11. The highest BCUT2D eigenvalue weighted by Crippen LogP contribution is 2.19. The normalized spacial score (nSPS) is 11.4. The van der Waals surface area contributed by atoms with Gasteiger partial charge in [0.1, 0.15) is 17.5 Å². The van der Waals surface area contributed by atoms with Crippen LogP contribution in [-0.4, -0.2) is 43.0 Å². The Morgan fingerprint density at radius 3 is 2.23 bits per heavy atom. The molecular weight excluding hydrogens is 440 g/mol. The Bertz CT molecular complexity index is 1060. The maximum atomic E-state index is 13.5. The first-order valence-corrected chi connectivity index (χ1v) is 12.0. The smallest absolute Gasteiger partial charge is 0.243 e. The maximum absolute atomic E-state index is 13.5. The summed E-state index contributed by atoms with van der Waals surface area (Å²) < 4.78 is 11.1. The van der Waals surface area contributed by atoms with Gasteiger partial charge in [-0.2, -0.15) is 0 Å². The number of methoxy groups -OCH3 is 1. The van der Waals surface area contributed by atoms with Crippen LogP contribution in [0.2, 0.25) is 0 Å². The summed E-state index contributed by atoms with van der Waals surface area (Å²) in [5.74, 6) is 1.24. The van der Waals surface area contributed by atoms with Crippen LogP contribution in [0.5, 0.6) is 11.5 Å². The Morgan fingerprint density at radius 2 is 1.54 bits per heavy atom. The number of rotatable bonds is 13. The second kappa shape index (κ2) is 13.8. The minimum atomic E-state index is -0.633. The van der Waals surface area contributed by atoms with Crippen LogP contribution >= 0.6 is 0 Å². The minimum Gasteiger partial charge on any atom is -0.497 e. The number of benzene rings is 3. The van der Waals surface area contributed by atoms with Gasteiger partial charge in [0.05, 0.1) is 13.7 Å². The predicted octanol–water partition coefficient (Wildman–Crippen LogP) is 4.63. The molecule has 1 N–H and O–H groups in total. The lowest BCUT2D eigenvalue weighted by atomic mass is 10.0. The van der Waals surface area contributed by atoms with Crippen LogP contribution in [-0.2, 0) is 22.6 Å². The number of hydrogen-bond donors (Lipinski definition) is 1. The molecule has 0 heterocycles. The van der Waals surface area contributed by atoms with Gasteiger partial charge in [-0.25, -0.2) is 0 Å². The van der Waals surface area contributed by atoms with Crippen LogP contribution in [0.3, 0.4) is 0 Å². The summed E-state index contributed by atoms with van der Waals surface area (Å²) in [7, 11) is 1.61. The molecule has 0 saturated heterocycles. The molecule has 184 valence electrons. The Hall–Kier alpha value is -3.80. The average Bonchev–Trinajstić information content (AvgIpc) is 2.90. The molecule has 6 nitrogen and oxygen atoms in total. The SMILES string of the molecule is CCNC(=O)[C@H](Cc1ccccc1)N(Cc1cccc(OC)c1)C(=O)CCCOc1ccccc1. The summed E-state index contributed by atoms with van der Waals surface area (Å²) in [5, 5.41) is 2.92. The summed E-state index contributed by atoms with van der Waals surface area (Å²) in [6, 6.07) is 26.3. The van der Waals surface area contributed by atoms with Crippen molar-refractivity contribution < 1.29 is 19.1 Å². The number of amides is 2. The average molecular weight is 475 g/mol. The zero-order valence-electron chi connectivity index (χ0n) is 20.5. The summed E-state index contributed by atoms with van der Waals surface area (Å²) >= 11 is 0. The van der Waals surface area contributed by atoms with Crippen LogP contribution in [0.4, 0.5) is 0 Å². The number of nitrogens with zero attached hydrogens (tertiary/aromatic N) is 1. The largest absolute Gasteiger partial charge is 0.497 e. The van der Waals surface area contributed by atoms with Gasteiger partial charge in [-0.05, 0) is 48.7 Å². The third-order valence-electron chi connectivity index (χ3n) is 5.66. The van der Waals surface area contributed by atoms with Crippen molar-refractivity contribution in [2.45, 2.75) is 38.8 Å². The van der Waals surface area contributed by atoms with Crippen LogP contribution in [0, 0.1) is 0 Å². The van der Waals surface area contributed by atoms with E-state index in [9.17, 15) is 9.59 Å². The van der Waals surface area contributed by atoms with Gasteiger partial charge in [0, 0.05) is 25.9 Å². The molecule has 0 fully saturated rings. The van der Waals surface area contributed by atoms with Gasteiger partial charge in [-0.15, -0.1) is 0 Å². The fourth-order valence-electron chi connectivity index (χ4n) is 3.89. The van der Waals surface area contributed by atoms with Crippen LogP contribution in [0.25, 0.3) is 0 Å². The lowest BCUT2D eigenvalue weighted by Gasteiger charge is -2.31. The number of para-hydroxylation sites is 1. The van der Waals surface area contributed by atoms with Gasteiger partial charge in [0.15, 0.2) is 0 Å². The van der Waals surface area contributed by atoms with Crippen molar-refractivity contribution in [3.05, 3.63) is 96.1 Å². The van der Waals surface area contributed by atoms with Gasteiger partial charge in [0.2, 0.25) is 11.8 Å². The predicted molar refractivity (Wildman–Crippen MR) is 137 cm³/mol. The first kappa shape index (κ1) is 25.8. The molecule has 0 spiro atoms. The van der Waals surface area contributed by atoms with E-state index >= 15 is 0 Å². The van der Waals surface area contributed by atoms with Crippen molar-refractivity contribution in [3.8, 4) is 11.5 Å². The second-order valence-electron chi connectivity index (χ2n) is 8.24. The number of nitrogens with one attached hydrogen (secondary N) is 1. The van der Waals surface area contributed by atoms with E-state index in [1.165, 1.54) is 0 Å². The number of likely N-dealkylation sites (N-methyl/N-ethyl adjacent to an activating group) is 1. The monoisotopic (exact) mass is 474 g/mol. The number of ether oxygens (including phenoxy) is 2. The Kier molecular flexibility index (Phi) is 10.2. The van der Waals surface area contributed by atoms with E-state index in [4.69, 9.17) is 9.47 Å². The van der Waals surface area contributed by atoms with Crippen molar-refractivity contribution in [1.29, 1.82) is 0 Å². The maximum Gasteiger partial charge on any atom is 0.243 e. The first-order chi connectivity index (χ1) is 17.1. The molecule has 0 unspecified atom stereocenters. The highest BCUT2D eigenvalue weighted by Gasteiger charge is 2.30. The fourth-order valence-corrected chi connectivity index (χ4v) is 3.89. The molecule has 0 radical (unpaired) electrons. The highest BCUT2D eigenvalue weighted by atomic mass is 16.5. The fraction of sp³-hybridized carbons (Fsp3) is 0.310. The third-order valence-corrected chi connectivity index (χ3v) is 5.66. The Balaban J connectivity index is 1.79. The van der Waals surface area contributed by atoms with Gasteiger partial charge in [-0.1, -0.05) is 60.7 Å². The molecule has 0 aromatic heterocycles. The van der Waals surface area contributed by atoms with Crippen molar-refractivity contribution >= 4 is 11.8 Å². The summed E-state index contributed by atoms with van der Waals surface area (Å²) in [5.41, 5.74) is 1.90. The molecule has 2 amide bonds. The summed E-state index contributed by atoms with van der Waals surface area (Å²) in [4.78, 5) is 28.4. The molecule has 35 heavy (non-hydrogen) atoms. The third kappa shape index (κ3) is 8.18. The zero-order valence-corrected chi connectivity index (χ0v) is 20.5. The number of carbonyl (C=O) groups excluding carboxylic acids is 2. The molecule has 3 aromatic carbocycles. The zero-order chi connectivity index (χ0) is 24.9. The molecule has 0 saturated carbocycles. The molecule has 0 aliphatic carbocycles. The van der Waals surface area contributed by atoms with Gasteiger partial charge >= 0.3 is 0 Å². The molecule has 0 bridgehead atoms. The second-order valence-corrected chi connectivity index (χ2v) is 8.24. The van der Waals surface area contributed by atoms with Crippen molar-refractivity contribution in [3.63, 3.8) is 0 Å². The van der Waals surface area contributed by atoms with E-state index in [0.29, 0.717) is 38.3 Å².